The van der Waals surface area contributed by atoms with Gasteiger partial charge in [-0.15, -0.1) is 0 Å². The van der Waals surface area contributed by atoms with Gasteiger partial charge in [0.25, 0.3) is 5.91 Å². The average molecular weight is 381 g/mol. The normalized spacial score (nSPS) is 10.1. The summed E-state index contributed by atoms with van der Waals surface area (Å²) in [5, 5.41) is 11.6. The fourth-order valence-electron chi connectivity index (χ4n) is 1.78. The van der Waals surface area contributed by atoms with Crippen molar-refractivity contribution in [3.63, 3.8) is 0 Å². The second-order valence-electron chi connectivity index (χ2n) is 4.19. The summed E-state index contributed by atoms with van der Waals surface area (Å²) in [6.45, 7) is 0. The molecule has 20 heavy (non-hydrogen) atoms. The fraction of sp³-hybridized carbons (Fsp3) is 0.0667. The molecule has 0 aliphatic rings. The number of rotatable bonds is 4. The van der Waals surface area contributed by atoms with Gasteiger partial charge in [0.15, 0.2) is 0 Å². The van der Waals surface area contributed by atoms with Crippen molar-refractivity contribution in [3.8, 4) is 0 Å². The summed E-state index contributed by atoms with van der Waals surface area (Å²) in [5.41, 5.74) is 1.65. The Bertz CT molecular complexity index is 655. The Morgan fingerprint density at radius 1 is 1.10 bits per heavy atom. The van der Waals surface area contributed by atoms with Crippen LogP contribution in [0.15, 0.2) is 48.5 Å². The van der Waals surface area contributed by atoms with E-state index >= 15 is 0 Å². The highest BCUT2D eigenvalue weighted by molar-refractivity contribution is 14.1. The van der Waals surface area contributed by atoms with Crippen molar-refractivity contribution in [2.45, 2.75) is 6.42 Å². The van der Waals surface area contributed by atoms with Gasteiger partial charge in [-0.2, -0.15) is 0 Å². The molecule has 0 aliphatic heterocycles. The first-order chi connectivity index (χ1) is 9.56. The molecule has 2 rings (SSSR count). The van der Waals surface area contributed by atoms with Crippen molar-refractivity contribution in [2.24, 2.45) is 0 Å². The largest absolute Gasteiger partial charge is 0.481 e. The van der Waals surface area contributed by atoms with Gasteiger partial charge in [0.05, 0.1) is 6.42 Å². The molecule has 0 unspecified atom stereocenters. The fourth-order valence-corrected chi connectivity index (χ4v) is 2.33. The summed E-state index contributed by atoms with van der Waals surface area (Å²) < 4.78 is 0.967. The van der Waals surface area contributed by atoms with Crippen molar-refractivity contribution in [1.29, 1.82) is 0 Å². The summed E-state index contributed by atoms with van der Waals surface area (Å²) in [6, 6.07) is 14.1. The molecule has 0 saturated heterocycles. The van der Waals surface area contributed by atoms with Crippen molar-refractivity contribution in [2.75, 3.05) is 5.32 Å². The third-order valence-electron chi connectivity index (χ3n) is 2.69. The summed E-state index contributed by atoms with van der Waals surface area (Å²) in [4.78, 5) is 23.0. The number of anilines is 1. The summed E-state index contributed by atoms with van der Waals surface area (Å²) in [6.07, 6.45) is -0.122. The van der Waals surface area contributed by atoms with E-state index in [0.717, 1.165) is 3.57 Å². The number of carbonyl (C=O) groups excluding carboxylic acids is 1. The monoisotopic (exact) mass is 381 g/mol. The van der Waals surface area contributed by atoms with Gasteiger partial charge in [0.1, 0.15) is 0 Å². The molecule has 1 amide bonds. The molecular formula is C15H12INO3. The van der Waals surface area contributed by atoms with Crippen LogP contribution < -0.4 is 5.32 Å². The van der Waals surface area contributed by atoms with Crippen LogP contribution in [0.4, 0.5) is 5.69 Å². The minimum absolute atomic E-state index is 0.122. The van der Waals surface area contributed by atoms with Crippen LogP contribution in [0.5, 0.6) is 0 Å². The van der Waals surface area contributed by atoms with E-state index in [1.165, 1.54) is 0 Å². The predicted octanol–water partition coefficient (Wildman–Crippen LogP) is 3.17. The van der Waals surface area contributed by atoms with Crippen LogP contribution in [0.3, 0.4) is 0 Å². The SMILES string of the molecule is O=C(O)Cc1ccccc1NC(=O)c1cccc(I)c1. The Hall–Kier alpha value is -1.89. The molecule has 2 aromatic rings. The van der Waals surface area contributed by atoms with Gasteiger partial charge >= 0.3 is 5.97 Å². The third-order valence-corrected chi connectivity index (χ3v) is 3.37. The number of para-hydroxylation sites is 1. The lowest BCUT2D eigenvalue weighted by atomic mass is 10.1. The molecule has 0 saturated carbocycles. The maximum Gasteiger partial charge on any atom is 0.307 e. The van der Waals surface area contributed by atoms with Crippen LogP contribution in [0.25, 0.3) is 0 Å². The predicted molar refractivity (Wildman–Crippen MR) is 84.9 cm³/mol. The molecule has 2 N–H and O–H groups in total. The van der Waals surface area contributed by atoms with E-state index in [2.05, 4.69) is 27.9 Å². The Morgan fingerprint density at radius 3 is 2.55 bits per heavy atom. The number of aliphatic carboxylic acids is 1. The molecule has 0 fully saturated rings. The Kier molecular flexibility index (Phi) is 4.73. The second-order valence-corrected chi connectivity index (χ2v) is 5.44. The van der Waals surface area contributed by atoms with Crippen LogP contribution in [0, 0.1) is 3.57 Å². The zero-order valence-electron chi connectivity index (χ0n) is 10.5. The highest BCUT2D eigenvalue weighted by Gasteiger charge is 2.11. The van der Waals surface area contributed by atoms with Crippen LogP contribution in [0.1, 0.15) is 15.9 Å². The zero-order valence-corrected chi connectivity index (χ0v) is 12.6. The number of carboxylic acids is 1. The van der Waals surface area contributed by atoms with Crippen molar-refractivity contribution in [1.82, 2.24) is 0 Å². The first-order valence-corrected chi connectivity index (χ1v) is 7.01. The van der Waals surface area contributed by atoms with Gasteiger partial charge < -0.3 is 10.4 Å². The lowest BCUT2D eigenvalue weighted by Gasteiger charge is -2.09. The van der Waals surface area contributed by atoms with Gasteiger partial charge in [-0.3, -0.25) is 9.59 Å². The number of amides is 1. The number of carbonyl (C=O) groups is 2. The second kappa shape index (κ2) is 6.51. The minimum Gasteiger partial charge on any atom is -0.481 e. The molecule has 2 aromatic carbocycles. The van der Waals surface area contributed by atoms with E-state index < -0.39 is 5.97 Å². The highest BCUT2D eigenvalue weighted by atomic mass is 127. The van der Waals surface area contributed by atoms with Crippen LogP contribution in [-0.4, -0.2) is 17.0 Å². The van der Waals surface area contributed by atoms with Gasteiger partial charge in [0.2, 0.25) is 0 Å². The average Bonchev–Trinajstić information content (AvgIpc) is 2.40. The first kappa shape index (κ1) is 14.5. The number of benzene rings is 2. The number of halogens is 1. The number of hydrogen-bond acceptors (Lipinski definition) is 2. The molecule has 4 nitrogen and oxygen atoms in total. The van der Waals surface area contributed by atoms with E-state index in [9.17, 15) is 9.59 Å². The van der Waals surface area contributed by atoms with Gasteiger partial charge in [-0.25, -0.2) is 0 Å². The zero-order chi connectivity index (χ0) is 14.5. The Balaban J connectivity index is 2.21. The Labute approximate surface area is 130 Å². The van der Waals surface area contributed by atoms with Crippen LogP contribution in [0.2, 0.25) is 0 Å². The van der Waals surface area contributed by atoms with Crippen LogP contribution >= 0.6 is 22.6 Å². The maximum absolute atomic E-state index is 12.1. The molecule has 0 bridgehead atoms. The van der Waals surface area contributed by atoms with Crippen molar-refractivity contribution in [3.05, 3.63) is 63.2 Å². The standard InChI is InChI=1S/C15H12INO3/c16-12-6-3-5-11(8-12)15(20)17-13-7-2-1-4-10(13)9-14(18)19/h1-8H,9H2,(H,17,20)(H,18,19). The quantitative estimate of drug-likeness (QED) is 0.800. The number of nitrogens with one attached hydrogen (secondary N) is 1. The van der Waals surface area contributed by atoms with E-state index in [4.69, 9.17) is 5.11 Å². The molecule has 0 aromatic heterocycles. The molecule has 5 heteroatoms. The summed E-state index contributed by atoms with van der Waals surface area (Å²) in [7, 11) is 0. The van der Waals surface area contributed by atoms with Gasteiger partial charge in [0, 0.05) is 14.8 Å². The maximum atomic E-state index is 12.1. The lowest BCUT2D eigenvalue weighted by molar-refractivity contribution is -0.136. The van der Waals surface area contributed by atoms with Crippen LogP contribution in [-0.2, 0) is 11.2 Å². The molecule has 0 atom stereocenters. The van der Waals surface area contributed by atoms with Crippen molar-refractivity contribution < 1.29 is 14.7 Å². The summed E-state index contributed by atoms with van der Waals surface area (Å²) >= 11 is 2.13. The highest BCUT2D eigenvalue weighted by Crippen LogP contribution is 2.17. The molecule has 0 aliphatic carbocycles. The lowest BCUT2D eigenvalue weighted by Crippen LogP contribution is -2.14. The van der Waals surface area contributed by atoms with E-state index in [1.807, 2.05) is 6.07 Å². The number of hydrogen-bond donors (Lipinski definition) is 2. The molecule has 0 radical (unpaired) electrons. The molecule has 0 spiro atoms. The minimum atomic E-state index is -0.930. The smallest absolute Gasteiger partial charge is 0.307 e. The number of carboxylic acid groups (broad SMARTS) is 1. The van der Waals surface area contributed by atoms with E-state index in [-0.39, 0.29) is 12.3 Å². The van der Waals surface area contributed by atoms with E-state index in [1.54, 1.807) is 42.5 Å². The summed E-state index contributed by atoms with van der Waals surface area (Å²) in [5.74, 6) is -1.18. The molecule has 0 heterocycles. The third kappa shape index (κ3) is 3.80. The van der Waals surface area contributed by atoms with Gasteiger partial charge in [-0.1, -0.05) is 24.3 Å². The molecule has 102 valence electrons. The van der Waals surface area contributed by atoms with Gasteiger partial charge in [-0.05, 0) is 52.4 Å². The van der Waals surface area contributed by atoms with E-state index in [0.29, 0.717) is 16.8 Å². The molecular weight excluding hydrogens is 369 g/mol. The first-order valence-electron chi connectivity index (χ1n) is 5.93. The Morgan fingerprint density at radius 2 is 1.85 bits per heavy atom. The van der Waals surface area contributed by atoms with Crippen molar-refractivity contribution >= 4 is 40.2 Å². The topological polar surface area (TPSA) is 66.4 Å².